The van der Waals surface area contributed by atoms with Crippen LogP contribution in [0.25, 0.3) is 5.69 Å². The molecular weight excluding hydrogens is 346 g/mol. The van der Waals surface area contributed by atoms with Crippen LogP contribution in [-0.2, 0) is 0 Å². The standard InChI is InChI=1S/C21H20ClN3O/c1-15(16-7-9-18(22)10-8-16)25(20-11-12-20)21(26)17-13-23-24(14-17)19-5-3-2-4-6-19/h2-10,13-15,20H,11-12H2,1H3/t15-/m0/s1. The molecule has 2 aromatic carbocycles. The van der Waals surface area contributed by atoms with E-state index in [0.29, 0.717) is 16.6 Å². The number of rotatable bonds is 5. The van der Waals surface area contributed by atoms with E-state index in [-0.39, 0.29) is 11.9 Å². The van der Waals surface area contributed by atoms with E-state index in [1.165, 1.54) is 0 Å². The number of hydrogen-bond acceptors (Lipinski definition) is 2. The van der Waals surface area contributed by atoms with E-state index < -0.39 is 0 Å². The highest BCUT2D eigenvalue weighted by molar-refractivity contribution is 6.30. The molecule has 3 aromatic rings. The van der Waals surface area contributed by atoms with Crippen LogP contribution in [0.1, 0.15) is 41.7 Å². The van der Waals surface area contributed by atoms with Gasteiger partial charge in [-0.15, -0.1) is 0 Å². The average Bonchev–Trinajstić information content (AvgIpc) is 3.37. The normalized spacial score (nSPS) is 14.8. The summed E-state index contributed by atoms with van der Waals surface area (Å²) >= 11 is 6.00. The maximum atomic E-state index is 13.2. The number of carbonyl (C=O) groups is 1. The smallest absolute Gasteiger partial charge is 0.257 e. The molecule has 0 aliphatic heterocycles. The zero-order valence-corrected chi connectivity index (χ0v) is 15.3. The number of para-hydroxylation sites is 1. The number of halogens is 1. The summed E-state index contributed by atoms with van der Waals surface area (Å²) in [5.41, 5.74) is 2.64. The first-order valence-corrected chi connectivity index (χ1v) is 9.19. The molecule has 1 aliphatic rings. The summed E-state index contributed by atoms with van der Waals surface area (Å²) in [4.78, 5) is 15.2. The molecule has 26 heavy (non-hydrogen) atoms. The summed E-state index contributed by atoms with van der Waals surface area (Å²) in [6, 6.07) is 17.8. The minimum atomic E-state index is -0.00709. The summed E-state index contributed by atoms with van der Waals surface area (Å²) in [5.74, 6) is 0.0251. The molecule has 1 atom stereocenters. The van der Waals surface area contributed by atoms with Crippen LogP contribution < -0.4 is 0 Å². The van der Waals surface area contributed by atoms with E-state index in [4.69, 9.17) is 11.6 Å². The maximum absolute atomic E-state index is 13.2. The fourth-order valence-corrected chi connectivity index (χ4v) is 3.34. The predicted octanol–water partition coefficient (Wildman–Crippen LogP) is 4.89. The van der Waals surface area contributed by atoms with E-state index in [1.54, 1.807) is 10.9 Å². The van der Waals surface area contributed by atoms with Crippen LogP contribution in [0.4, 0.5) is 0 Å². The van der Waals surface area contributed by atoms with Crippen LogP contribution in [0, 0.1) is 0 Å². The van der Waals surface area contributed by atoms with Crippen molar-refractivity contribution >= 4 is 17.5 Å². The lowest BCUT2D eigenvalue weighted by Gasteiger charge is -2.29. The van der Waals surface area contributed by atoms with E-state index >= 15 is 0 Å². The van der Waals surface area contributed by atoms with Crippen molar-refractivity contribution in [3.63, 3.8) is 0 Å². The molecule has 0 spiro atoms. The third-order valence-electron chi connectivity index (χ3n) is 4.79. The SMILES string of the molecule is C[C@@H](c1ccc(Cl)cc1)N(C(=O)c1cnn(-c2ccccc2)c1)C1CC1. The van der Waals surface area contributed by atoms with Gasteiger partial charge in [0.15, 0.2) is 0 Å². The molecule has 1 aromatic heterocycles. The molecule has 1 heterocycles. The number of amides is 1. The molecule has 0 N–H and O–H groups in total. The summed E-state index contributed by atoms with van der Waals surface area (Å²) in [5, 5.41) is 5.07. The molecule has 4 nitrogen and oxygen atoms in total. The van der Waals surface area contributed by atoms with Crippen molar-refractivity contribution in [2.24, 2.45) is 0 Å². The number of carbonyl (C=O) groups excluding carboxylic acids is 1. The third kappa shape index (κ3) is 3.37. The maximum Gasteiger partial charge on any atom is 0.257 e. The van der Waals surface area contributed by atoms with Crippen LogP contribution in [0.15, 0.2) is 67.0 Å². The van der Waals surface area contributed by atoms with Gasteiger partial charge >= 0.3 is 0 Å². The third-order valence-corrected chi connectivity index (χ3v) is 5.05. The van der Waals surface area contributed by atoms with Gasteiger partial charge in [0.25, 0.3) is 5.91 Å². The van der Waals surface area contributed by atoms with Gasteiger partial charge in [-0.05, 0) is 49.6 Å². The number of nitrogens with zero attached hydrogens (tertiary/aromatic N) is 3. The number of aromatic nitrogens is 2. The van der Waals surface area contributed by atoms with E-state index in [0.717, 1.165) is 24.1 Å². The Balaban J connectivity index is 1.60. The molecule has 1 fully saturated rings. The van der Waals surface area contributed by atoms with Crippen molar-refractivity contribution in [2.45, 2.75) is 31.8 Å². The minimum absolute atomic E-state index is 0.00709. The fourth-order valence-electron chi connectivity index (χ4n) is 3.22. The lowest BCUT2D eigenvalue weighted by molar-refractivity contribution is 0.0674. The zero-order chi connectivity index (χ0) is 18.1. The van der Waals surface area contributed by atoms with Gasteiger partial charge in [0.1, 0.15) is 0 Å². The number of benzene rings is 2. The first kappa shape index (κ1) is 16.9. The molecule has 0 saturated heterocycles. The lowest BCUT2D eigenvalue weighted by atomic mass is 10.1. The first-order valence-electron chi connectivity index (χ1n) is 8.82. The van der Waals surface area contributed by atoms with Crippen molar-refractivity contribution in [3.05, 3.63) is 83.1 Å². The van der Waals surface area contributed by atoms with Crippen molar-refractivity contribution in [1.29, 1.82) is 0 Å². The molecular formula is C21H20ClN3O. The van der Waals surface area contributed by atoms with Gasteiger partial charge in [0.2, 0.25) is 0 Å². The molecule has 1 aliphatic carbocycles. The number of hydrogen-bond donors (Lipinski definition) is 0. The van der Waals surface area contributed by atoms with E-state index in [2.05, 4.69) is 12.0 Å². The summed E-state index contributed by atoms with van der Waals surface area (Å²) in [7, 11) is 0. The Morgan fingerprint density at radius 3 is 2.50 bits per heavy atom. The van der Waals surface area contributed by atoms with Crippen LogP contribution in [-0.4, -0.2) is 26.6 Å². The highest BCUT2D eigenvalue weighted by Crippen LogP contribution is 2.36. The molecule has 0 unspecified atom stereocenters. The Kier molecular flexibility index (Phi) is 4.51. The first-order chi connectivity index (χ1) is 12.6. The monoisotopic (exact) mass is 365 g/mol. The van der Waals surface area contributed by atoms with Crippen LogP contribution in [0.3, 0.4) is 0 Å². The molecule has 132 valence electrons. The Morgan fingerprint density at radius 2 is 1.85 bits per heavy atom. The predicted molar refractivity (Wildman–Crippen MR) is 103 cm³/mol. The van der Waals surface area contributed by atoms with Crippen LogP contribution in [0.2, 0.25) is 5.02 Å². The molecule has 0 bridgehead atoms. The zero-order valence-electron chi connectivity index (χ0n) is 14.5. The van der Waals surface area contributed by atoms with Crippen molar-refractivity contribution < 1.29 is 4.79 Å². The van der Waals surface area contributed by atoms with Gasteiger partial charge in [-0.25, -0.2) is 4.68 Å². The molecule has 1 saturated carbocycles. The van der Waals surface area contributed by atoms with E-state index in [1.807, 2.05) is 65.7 Å². The summed E-state index contributed by atoms with van der Waals surface area (Å²) in [6.45, 7) is 2.07. The van der Waals surface area contributed by atoms with Gasteiger partial charge in [0.05, 0.1) is 23.5 Å². The van der Waals surface area contributed by atoms with Gasteiger partial charge < -0.3 is 4.90 Å². The van der Waals surface area contributed by atoms with Crippen LogP contribution >= 0.6 is 11.6 Å². The molecule has 0 radical (unpaired) electrons. The lowest BCUT2D eigenvalue weighted by Crippen LogP contribution is -2.35. The van der Waals surface area contributed by atoms with Gasteiger partial charge in [0, 0.05) is 17.3 Å². The van der Waals surface area contributed by atoms with Gasteiger partial charge in [-0.2, -0.15) is 5.10 Å². The Morgan fingerprint density at radius 1 is 1.15 bits per heavy atom. The minimum Gasteiger partial charge on any atom is -0.329 e. The Bertz CT molecular complexity index is 901. The molecule has 5 heteroatoms. The Labute approximate surface area is 158 Å². The molecule has 1 amide bonds. The van der Waals surface area contributed by atoms with Crippen molar-refractivity contribution in [2.75, 3.05) is 0 Å². The van der Waals surface area contributed by atoms with Crippen molar-refractivity contribution in [3.8, 4) is 5.69 Å². The average molecular weight is 366 g/mol. The van der Waals surface area contributed by atoms with Crippen LogP contribution in [0.5, 0.6) is 0 Å². The summed E-state index contributed by atoms with van der Waals surface area (Å²) < 4.78 is 1.74. The second-order valence-electron chi connectivity index (χ2n) is 6.68. The molecule has 4 rings (SSSR count). The van der Waals surface area contributed by atoms with Gasteiger partial charge in [-0.1, -0.05) is 41.9 Å². The largest absolute Gasteiger partial charge is 0.329 e. The Hall–Kier alpha value is -2.59. The summed E-state index contributed by atoms with van der Waals surface area (Å²) in [6.07, 6.45) is 5.56. The highest BCUT2D eigenvalue weighted by Gasteiger charge is 2.37. The van der Waals surface area contributed by atoms with Crippen molar-refractivity contribution in [1.82, 2.24) is 14.7 Å². The topological polar surface area (TPSA) is 38.1 Å². The van der Waals surface area contributed by atoms with E-state index in [9.17, 15) is 4.79 Å². The second-order valence-corrected chi connectivity index (χ2v) is 7.12. The quantitative estimate of drug-likeness (QED) is 0.645. The fraction of sp³-hybridized carbons (Fsp3) is 0.238. The second kappa shape index (κ2) is 6.96. The highest BCUT2D eigenvalue weighted by atomic mass is 35.5. The van der Waals surface area contributed by atoms with Gasteiger partial charge in [-0.3, -0.25) is 4.79 Å².